The maximum atomic E-state index is 14.1. The van der Waals surface area contributed by atoms with Crippen molar-refractivity contribution < 1.29 is 14.0 Å². The first-order valence-corrected chi connectivity index (χ1v) is 13.7. The normalized spacial score (nSPS) is 13.1. The van der Waals surface area contributed by atoms with E-state index in [-0.39, 0.29) is 11.8 Å². The number of benzene rings is 2. The third-order valence-corrected chi connectivity index (χ3v) is 8.34. The zero-order chi connectivity index (χ0) is 23.4. The molecule has 33 heavy (non-hydrogen) atoms. The van der Waals surface area contributed by atoms with Crippen LogP contribution in [0.3, 0.4) is 0 Å². The molecule has 0 fully saturated rings. The summed E-state index contributed by atoms with van der Waals surface area (Å²) in [6.45, 7) is 3.22. The SMILES string of the molecule is CCCSSCCC(=O)N(C)Cc1ccc(-c2[nH]c3cc(F)cc4c3c2CCNC4=O)cc1. The predicted octanol–water partition coefficient (Wildman–Crippen LogP) is 5.40. The number of aromatic amines is 1. The maximum Gasteiger partial charge on any atom is 0.252 e. The standard InChI is InChI=1S/C25H28FN3O2S2/c1-3-11-32-33-12-9-22(30)29(2)15-16-4-6-17(7-5-16)24-19-8-10-27-25(31)20-13-18(26)14-21(28-24)23(19)20/h4-7,13-14,28H,3,8-12,15H2,1-2H3,(H,27,31). The Morgan fingerprint density at radius 1 is 1.15 bits per heavy atom. The van der Waals surface area contributed by atoms with Crippen LogP contribution in [0, 0.1) is 5.82 Å². The van der Waals surface area contributed by atoms with E-state index in [1.807, 2.05) is 42.1 Å². The van der Waals surface area contributed by atoms with Gasteiger partial charge >= 0.3 is 0 Å². The lowest BCUT2D eigenvalue weighted by atomic mass is 9.99. The molecule has 2 heterocycles. The Morgan fingerprint density at radius 3 is 2.67 bits per heavy atom. The lowest BCUT2D eigenvalue weighted by Gasteiger charge is -2.17. The van der Waals surface area contributed by atoms with Crippen molar-refractivity contribution in [1.82, 2.24) is 15.2 Å². The number of nitrogens with zero attached hydrogens (tertiary/aromatic N) is 1. The van der Waals surface area contributed by atoms with Crippen LogP contribution in [0.15, 0.2) is 36.4 Å². The predicted molar refractivity (Wildman–Crippen MR) is 136 cm³/mol. The number of H-pyrrole nitrogens is 1. The molecule has 0 spiro atoms. The van der Waals surface area contributed by atoms with Crippen LogP contribution in [0.2, 0.25) is 0 Å². The second-order valence-corrected chi connectivity index (χ2v) is 10.9. The van der Waals surface area contributed by atoms with E-state index >= 15 is 0 Å². The first kappa shape index (κ1) is 23.7. The molecule has 1 aliphatic rings. The third kappa shape index (κ3) is 5.38. The molecule has 0 aliphatic carbocycles. The molecule has 4 rings (SSSR count). The number of amides is 2. The van der Waals surface area contributed by atoms with Crippen molar-refractivity contribution in [3.05, 3.63) is 58.9 Å². The molecule has 0 saturated heterocycles. The van der Waals surface area contributed by atoms with Gasteiger partial charge in [-0.2, -0.15) is 0 Å². The number of hydrogen-bond donors (Lipinski definition) is 2. The molecular weight excluding hydrogens is 457 g/mol. The summed E-state index contributed by atoms with van der Waals surface area (Å²) >= 11 is 0. The van der Waals surface area contributed by atoms with E-state index in [1.165, 1.54) is 12.1 Å². The molecule has 0 saturated carbocycles. The molecular formula is C25H28FN3O2S2. The molecule has 8 heteroatoms. The highest BCUT2D eigenvalue weighted by Crippen LogP contribution is 2.35. The highest BCUT2D eigenvalue weighted by Gasteiger charge is 2.23. The number of nitrogens with one attached hydrogen (secondary N) is 2. The Balaban J connectivity index is 1.48. The van der Waals surface area contributed by atoms with E-state index in [0.29, 0.717) is 37.0 Å². The summed E-state index contributed by atoms with van der Waals surface area (Å²) in [7, 11) is 5.42. The van der Waals surface area contributed by atoms with Crippen LogP contribution in [-0.2, 0) is 17.8 Å². The summed E-state index contributed by atoms with van der Waals surface area (Å²) in [5, 5.41) is 3.65. The van der Waals surface area contributed by atoms with Gasteiger partial charge < -0.3 is 15.2 Å². The van der Waals surface area contributed by atoms with Crippen LogP contribution in [0.4, 0.5) is 4.39 Å². The van der Waals surface area contributed by atoms with Gasteiger partial charge in [0.1, 0.15) is 5.82 Å². The fourth-order valence-corrected chi connectivity index (χ4v) is 6.21. The Labute approximate surface area is 201 Å². The van der Waals surface area contributed by atoms with Gasteiger partial charge in [0.2, 0.25) is 5.91 Å². The van der Waals surface area contributed by atoms with Gasteiger partial charge in [-0.3, -0.25) is 9.59 Å². The summed E-state index contributed by atoms with van der Waals surface area (Å²) in [6.07, 6.45) is 2.36. The monoisotopic (exact) mass is 485 g/mol. The molecule has 0 bridgehead atoms. The molecule has 2 aromatic carbocycles. The van der Waals surface area contributed by atoms with Crippen LogP contribution in [-0.4, -0.2) is 46.8 Å². The lowest BCUT2D eigenvalue weighted by molar-refractivity contribution is -0.129. The molecule has 5 nitrogen and oxygen atoms in total. The number of carbonyl (C=O) groups excluding carboxylic acids is 2. The summed E-state index contributed by atoms with van der Waals surface area (Å²) in [5.74, 6) is 1.41. The second-order valence-electron chi connectivity index (χ2n) is 8.20. The molecule has 2 amide bonds. The summed E-state index contributed by atoms with van der Waals surface area (Å²) in [5.41, 5.74) is 4.97. The minimum atomic E-state index is -0.431. The van der Waals surface area contributed by atoms with Crippen molar-refractivity contribution in [2.75, 3.05) is 25.1 Å². The van der Waals surface area contributed by atoms with Gasteiger partial charge in [-0.25, -0.2) is 4.39 Å². The smallest absolute Gasteiger partial charge is 0.252 e. The first-order valence-electron chi connectivity index (χ1n) is 11.2. The van der Waals surface area contributed by atoms with Crippen molar-refractivity contribution in [1.29, 1.82) is 0 Å². The van der Waals surface area contributed by atoms with Gasteiger partial charge in [0.25, 0.3) is 5.91 Å². The molecule has 0 atom stereocenters. The van der Waals surface area contributed by atoms with E-state index in [4.69, 9.17) is 0 Å². The molecule has 1 aromatic heterocycles. The van der Waals surface area contributed by atoms with Crippen molar-refractivity contribution in [3.63, 3.8) is 0 Å². The minimum Gasteiger partial charge on any atom is -0.354 e. The fourth-order valence-electron chi connectivity index (χ4n) is 4.10. The van der Waals surface area contributed by atoms with Crippen LogP contribution < -0.4 is 5.32 Å². The quantitative estimate of drug-likeness (QED) is 0.315. The summed E-state index contributed by atoms with van der Waals surface area (Å²) in [4.78, 5) is 29.9. The average Bonchev–Trinajstić information content (AvgIpc) is 3.07. The number of rotatable bonds is 9. The summed E-state index contributed by atoms with van der Waals surface area (Å²) < 4.78 is 14.1. The highest BCUT2D eigenvalue weighted by atomic mass is 33.1. The Morgan fingerprint density at radius 2 is 1.91 bits per heavy atom. The van der Waals surface area contributed by atoms with Gasteiger partial charge in [-0.05, 0) is 41.7 Å². The zero-order valence-corrected chi connectivity index (χ0v) is 20.5. The van der Waals surface area contributed by atoms with Gasteiger partial charge in [0, 0.05) is 54.7 Å². The Kier molecular flexibility index (Phi) is 7.65. The van der Waals surface area contributed by atoms with E-state index in [2.05, 4.69) is 17.2 Å². The number of hydrogen-bond acceptors (Lipinski definition) is 4. The van der Waals surface area contributed by atoms with E-state index in [0.717, 1.165) is 45.7 Å². The molecule has 3 aromatic rings. The van der Waals surface area contributed by atoms with Crippen molar-refractivity contribution in [2.24, 2.45) is 0 Å². The van der Waals surface area contributed by atoms with E-state index < -0.39 is 5.82 Å². The largest absolute Gasteiger partial charge is 0.354 e. The molecule has 1 aliphatic heterocycles. The number of aromatic nitrogens is 1. The van der Waals surface area contributed by atoms with Gasteiger partial charge in [0.15, 0.2) is 0 Å². The summed E-state index contributed by atoms with van der Waals surface area (Å²) in [6, 6.07) is 10.8. The van der Waals surface area contributed by atoms with Crippen LogP contribution in [0.5, 0.6) is 0 Å². The third-order valence-electron chi connectivity index (χ3n) is 5.73. The second kappa shape index (κ2) is 10.7. The molecule has 0 unspecified atom stereocenters. The highest BCUT2D eigenvalue weighted by molar-refractivity contribution is 8.76. The van der Waals surface area contributed by atoms with E-state index in [9.17, 15) is 14.0 Å². The van der Waals surface area contributed by atoms with E-state index in [1.54, 1.807) is 15.7 Å². The topological polar surface area (TPSA) is 65.2 Å². The molecule has 2 N–H and O–H groups in total. The zero-order valence-electron chi connectivity index (χ0n) is 18.9. The first-order chi connectivity index (χ1) is 16.0. The van der Waals surface area contributed by atoms with Gasteiger partial charge in [-0.1, -0.05) is 52.8 Å². The molecule has 174 valence electrons. The molecule has 0 radical (unpaired) electrons. The average molecular weight is 486 g/mol. The van der Waals surface area contributed by atoms with Crippen molar-refractivity contribution in [2.45, 2.75) is 32.7 Å². The van der Waals surface area contributed by atoms with Crippen LogP contribution in [0.25, 0.3) is 22.2 Å². The number of halogens is 1. The number of carbonyl (C=O) groups is 2. The van der Waals surface area contributed by atoms with Crippen LogP contribution >= 0.6 is 21.6 Å². The van der Waals surface area contributed by atoms with Gasteiger partial charge in [-0.15, -0.1) is 0 Å². The lowest BCUT2D eigenvalue weighted by Crippen LogP contribution is -2.26. The van der Waals surface area contributed by atoms with Crippen LogP contribution in [0.1, 0.15) is 41.3 Å². The fraction of sp³-hybridized carbons (Fsp3) is 0.360. The Hall–Kier alpha value is -2.45. The maximum absolute atomic E-state index is 14.1. The van der Waals surface area contributed by atoms with Crippen molar-refractivity contribution >= 4 is 44.3 Å². The minimum absolute atomic E-state index is 0.145. The van der Waals surface area contributed by atoms with Gasteiger partial charge in [0.05, 0.1) is 5.56 Å². The Bertz CT molecular complexity index is 1160. The van der Waals surface area contributed by atoms with Crippen molar-refractivity contribution in [3.8, 4) is 11.3 Å².